The maximum absolute atomic E-state index is 13.1. The van der Waals surface area contributed by atoms with Gasteiger partial charge in [0.25, 0.3) is 5.91 Å². The van der Waals surface area contributed by atoms with Gasteiger partial charge in [0, 0.05) is 12.2 Å². The zero-order chi connectivity index (χ0) is 18.9. The predicted octanol–water partition coefficient (Wildman–Crippen LogP) is 3.92. The van der Waals surface area contributed by atoms with Gasteiger partial charge in [-0.1, -0.05) is 49.2 Å². The second kappa shape index (κ2) is 7.10. The summed E-state index contributed by atoms with van der Waals surface area (Å²) in [6.07, 6.45) is 9.19. The number of allylic oxidation sites excluding steroid dienone is 1. The Morgan fingerprint density at radius 1 is 1.07 bits per heavy atom. The average molecular weight is 360 g/mol. The normalized spacial score (nSPS) is 27.1. The van der Waals surface area contributed by atoms with E-state index in [0.717, 1.165) is 36.8 Å². The molecule has 0 saturated heterocycles. The standard InChI is InChI=1S/C23H24N2O2/c1-23(17-9-3-2-8-16(17)13-14-21(23)26)18-10-4-5-11-19(18)25-22(27)20-12-6-7-15-24-20/h2-3,6-9,12-15,18-19H,4-5,10-11H2,1H3,(H,25,27)/t18-,19+,23-/m0/s1. The largest absolute Gasteiger partial charge is 0.348 e. The van der Waals surface area contributed by atoms with Gasteiger partial charge in [-0.15, -0.1) is 0 Å². The topological polar surface area (TPSA) is 59.1 Å². The van der Waals surface area contributed by atoms with Gasteiger partial charge < -0.3 is 5.32 Å². The van der Waals surface area contributed by atoms with Crippen molar-refractivity contribution in [1.82, 2.24) is 10.3 Å². The fourth-order valence-electron chi connectivity index (χ4n) is 4.70. The molecule has 1 aromatic heterocycles. The molecule has 0 unspecified atom stereocenters. The predicted molar refractivity (Wildman–Crippen MR) is 105 cm³/mol. The Morgan fingerprint density at radius 3 is 2.67 bits per heavy atom. The minimum atomic E-state index is -0.617. The highest BCUT2D eigenvalue weighted by atomic mass is 16.2. The van der Waals surface area contributed by atoms with Crippen LogP contribution >= 0.6 is 0 Å². The van der Waals surface area contributed by atoms with Crippen LogP contribution in [0, 0.1) is 5.92 Å². The quantitative estimate of drug-likeness (QED) is 0.902. The third kappa shape index (κ3) is 3.09. The highest BCUT2D eigenvalue weighted by Crippen LogP contribution is 2.45. The van der Waals surface area contributed by atoms with E-state index < -0.39 is 5.41 Å². The van der Waals surface area contributed by atoms with Crippen LogP contribution in [0.3, 0.4) is 0 Å². The van der Waals surface area contributed by atoms with Gasteiger partial charge >= 0.3 is 0 Å². The van der Waals surface area contributed by atoms with Gasteiger partial charge in [-0.25, -0.2) is 0 Å². The van der Waals surface area contributed by atoms with E-state index in [-0.39, 0.29) is 23.7 Å². The van der Waals surface area contributed by atoms with Crippen molar-refractivity contribution in [2.75, 3.05) is 0 Å². The number of amides is 1. The number of carbonyl (C=O) groups is 2. The van der Waals surface area contributed by atoms with Crippen molar-refractivity contribution < 1.29 is 9.59 Å². The van der Waals surface area contributed by atoms with E-state index in [0.29, 0.717) is 5.69 Å². The average Bonchev–Trinajstić information content (AvgIpc) is 2.72. The van der Waals surface area contributed by atoms with E-state index in [2.05, 4.69) is 22.4 Å². The molecule has 2 aliphatic carbocycles. The number of ketones is 1. The Morgan fingerprint density at radius 2 is 1.85 bits per heavy atom. The summed E-state index contributed by atoms with van der Waals surface area (Å²) in [6, 6.07) is 13.4. The van der Waals surface area contributed by atoms with Crippen LogP contribution in [-0.2, 0) is 10.2 Å². The summed E-state index contributed by atoms with van der Waals surface area (Å²) in [5, 5.41) is 3.18. The van der Waals surface area contributed by atoms with Crippen molar-refractivity contribution in [3.63, 3.8) is 0 Å². The molecule has 0 spiro atoms. The van der Waals surface area contributed by atoms with Crippen molar-refractivity contribution in [2.45, 2.75) is 44.1 Å². The van der Waals surface area contributed by atoms with Crippen molar-refractivity contribution >= 4 is 17.8 Å². The van der Waals surface area contributed by atoms with Crippen molar-refractivity contribution in [3.05, 3.63) is 71.6 Å². The lowest BCUT2D eigenvalue weighted by molar-refractivity contribution is -0.122. The monoisotopic (exact) mass is 360 g/mol. The highest BCUT2D eigenvalue weighted by Gasteiger charge is 2.48. The molecule has 0 bridgehead atoms. The summed E-state index contributed by atoms with van der Waals surface area (Å²) in [5.74, 6) is 0.0332. The number of fused-ring (bicyclic) bond motifs is 1. The minimum absolute atomic E-state index is 0.0400. The number of hydrogen-bond donors (Lipinski definition) is 1. The molecule has 0 radical (unpaired) electrons. The van der Waals surface area contributed by atoms with E-state index >= 15 is 0 Å². The number of nitrogens with zero attached hydrogens (tertiary/aromatic N) is 1. The third-order valence-electron chi connectivity index (χ3n) is 6.17. The van der Waals surface area contributed by atoms with E-state index in [1.54, 1.807) is 24.4 Å². The van der Waals surface area contributed by atoms with Crippen LogP contribution in [0.25, 0.3) is 6.08 Å². The van der Waals surface area contributed by atoms with Crippen LogP contribution in [0.15, 0.2) is 54.7 Å². The zero-order valence-electron chi connectivity index (χ0n) is 15.5. The Kier molecular flexibility index (Phi) is 4.65. The van der Waals surface area contributed by atoms with Crippen LogP contribution in [-0.4, -0.2) is 22.7 Å². The van der Waals surface area contributed by atoms with Gasteiger partial charge in [0.15, 0.2) is 5.78 Å². The lowest BCUT2D eigenvalue weighted by Crippen LogP contribution is -2.53. The van der Waals surface area contributed by atoms with E-state index in [4.69, 9.17) is 0 Å². The molecular formula is C23H24N2O2. The molecular weight excluding hydrogens is 336 g/mol. The Bertz CT molecular complexity index is 890. The summed E-state index contributed by atoms with van der Waals surface area (Å²) in [5.41, 5.74) is 1.97. The maximum Gasteiger partial charge on any atom is 0.270 e. The first-order valence-corrected chi connectivity index (χ1v) is 9.64. The third-order valence-corrected chi connectivity index (χ3v) is 6.17. The Balaban J connectivity index is 1.67. The molecule has 4 rings (SSSR count). The SMILES string of the molecule is C[C@]1([C@H]2CCCC[C@H]2NC(=O)c2ccccn2)C(=O)C=Cc2ccccc21. The van der Waals surface area contributed by atoms with Crippen LogP contribution in [0.5, 0.6) is 0 Å². The van der Waals surface area contributed by atoms with Gasteiger partial charge in [-0.05, 0) is 55.0 Å². The summed E-state index contributed by atoms with van der Waals surface area (Å²) in [6.45, 7) is 2.05. The van der Waals surface area contributed by atoms with Crippen LogP contribution in [0.4, 0.5) is 0 Å². The van der Waals surface area contributed by atoms with Crippen LogP contribution < -0.4 is 5.32 Å². The first kappa shape index (κ1) is 17.7. The van der Waals surface area contributed by atoms with Gasteiger partial charge in [0.2, 0.25) is 0 Å². The van der Waals surface area contributed by atoms with Gasteiger partial charge in [-0.2, -0.15) is 0 Å². The molecule has 1 heterocycles. The molecule has 1 saturated carbocycles. The van der Waals surface area contributed by atoms with Crippen molar-refractivity contribution in [1.29, 1.82) is 0 Å². The van der Waals surface area contributed by atoms with Crippen LogP contribution in [0.2, 0.25) is 0 Å². The molecule has 1 fully saturated rings. The van der Waals surface area contributed by atoms with Crippen LogP contribution in [0.1, 0.15) is 54.2 Å². The molecule has 4 heteroatoms. The summed E-state index contributed by atoms with van der Waals surface area (Å²) < 4.78 is 0. The number of hydrogen-bond acceptors (Lipinski definition) is 3. The van der Waals surface area contributed by atoms with E-state index in [1.807, 2.05) is 31.2 Å². The summed E-state index contributed by atoms with van der Waals surface area (Å²) >= 11 is 0. The van der Waals surface area contributed by atoms with Crippen molar-refractivity contribution in [3.8, 4) is 0 Å². The number of carbonyl (C=O) groups excluding carboxylic acids is 2. The first-order chi connectivity index (χ1) is 13.1. The van der Waals surface area contributed by atoms with E-state index in [9.17, 15) is 9.59 Å². The number of aromatic nitrogens is 1. The second-order valence-electron chi connectivity index (χ2n) is 7.67. The molecule has 138 valence electrons. The second-order valence-corrected chi connectivity index (χ2v) is 7.67. The molecule has 4 nitrogen and oxygen atoms in total. The molecule has 1 amide bonds. The summed E-state index contributed by atoms with van der Waals surface area (Å²) in [4.78, 5) is 29.9. The van der Waals surface area contributed by atoms with Crippen molar-refractivity contribution in [2.24, 2.45) is 5.92 Å². The van der Waals surface area contributed by atoms with Gasteiger partial charge in [0.1, 0.15) is 5.69 Å². The van der Waals surface area contributed by atoms with E-state index in [1.165, 1.54) is 0 Å². The molecule has 1 aromatic carbocycles. The zero-order valence-corrected chi connectivity index (χ0v) is 15.5. The van der Waals surface area contributed by atoms with Gasteiger partial charge in [-0.3, -0.25) is 14.6 Å². The number of rotatable bonds is 3. The van der Waals surface area contributed by atoms with Gasteiger partial charge in [0.05, 0.1) is 5.41 Å². The number of nitrogens with one attached hydrogen (secondary N) is 1. The lowest BCUT2D eigenvalue weighted by Gasteiger charge is -2.45. The molecule has 2 aromatic rings. The molecule has 3 atom stereocenters. The highest BCUT2D eigenvalue weighted by molar-refractivity contribution is 6.05. The summed E-state index contributed by atoms with van der Waals surface area (Å²) in [7, 11) is 0. The fourth-order valence-corrected chi connectivity index (χ4v) is 4.70. The number of pyridine rings is 1. The maximum atomic E-state index is 13.1. The Hall–Kier alpha value is -2.75. The first-order valence-electron chi connectivity index (χ1n) is 9.64. The number of benzene rings is 1. The molecule has 27 heavy (non-hydrogen) atoms. The fraction of sp³-hybridized carbons (Fsp3) is 0.348. The molecule has 0 aliphatic heterocycles. The Labute approximate surface area is 159 Å². The lowest BCUT2D eigenvalue weighted by atomic mass is 9.60. The molecule has 1 N–H and O–H groups in total. The smallest absolute Gasteiger partial charge is 0.270 e. The molecule has 2 aliphatic rings. The minimum Gasteiger partial charge on any atom is -0.348 e.